The van der Waals surface area contributed by atoms with Crippen LogP contribution in [0.5, 0.6) is 17.2 Å². The number of halogens is 5. The number of hydrogen-bond acceptors (Lipinski definition) is 5. The molecule has 2 aromatic carbocycles. The quantitative estimate of drug-likeness (QED) is 0.236. The van der Waals surface area contributed by atoms with E-state index in [9.17, 15) is 4.79 Å². The van der Waals surface area contributed by atoms with Crippen molar-refractivity contribution in [1.82, 2.24) is 10.6 Å². The summed E-state index contributed by atoms with van der Waals surface area (Å²) in [6.45, 7) is 0. The molecular formula is C19H18Cl5N3O4S. The second-order valence-electron chi connectivity index (χ2n) is 6.09. The van der Waals surface area contributed by atoms with Gasteiger partial charge in [0.1, 0.15) is 6.17 Å². The SMILES string of the molecule is COc1cc(C(=O)NC(NC(=S)Nc2ccc(Cl)c(Cl)c2)C(Cl)(Cl)Cl)cc(OC)c1OC. The van der Waals surface area contributed by atoms with Crippen LogP contribution in [-0.2, 0) is 0 Å². The van der Waals surface area contributed by atoms with E-state index in [0.29, 0.717) is 21.5 Å². The summed E-state index contributed by atoms with van der Waals surface area (Å²) < 4.78 is 13.8. The first-order valence-electron chi connectivity index (χ1n) is 8.70. The molecule has 0 saturated carbocycles. The summed E-state index contributed by atoms with van der Waals surface area (Å²) in [7, 11) is 4.31. The first-order chi connectivity index (χ1) is 15.0. The normalized spacial score (nSPS) is 11.9. The van der Waals surface area contributed by atoms with Gasteiger partial charge in [0.05, 0.1) is 31.4 Å². The van der Waals surface area contributed by atoms with Crippen LogP contribution in [0.3, 0.4) is 0 Å². The van der Waals surface area contributed by atoms with E-state index in [-0.39, 0.29) is 22.2 Å². The Kier molecular flexibility index (Phi) is 9.63. The molecule has 2 rings (SSSR count). The molecule has 1 atom stereocenters. The third-order valence-electron chi connectivity index (χ3n) is 3.98. The molecule has 3 N–H and O–H groups in total. The van der Waals surface area contributed by atoms with Gasteiger partial charge in [0.15, 0.2) is 16.6 Å². The molecule has 7 nitrogen and oxygen atoms in total. The molecule has 13 heteroatoms. The first-order valence-corrected chi connectivity index (χ1v) is 11.0. The van der Waals surface area contributed by atoms with E-state index in [0.717, 1.165) is 0 Å². The molecule has 0 aliphatic heterocycles. The first kappa shape index (κ1) is 26.7. The predicted molar refractivity (Wildman–Crippen MR) is 133 cm³/mol. The molecule has 1 amide bonds. The van der Waals surface area contributed by atoms with Gasteiger partial charge in [-0.25, -0.2) is 0 Å². The van der Waals surface area contributed by atoms with Gasteiger partial charge in [-0.05, 0) is 42.5 Å². The number of ether oxygens (including phenoxy) is 3. The number of hydrogen-bond donors (Lipinski definition) is 3. The molecular weight excluding hydrogens is 544 g/mol. The maximum atomic E-state index is 12.9. The molecule has 32 heavy (non-hydrogen) atoms. The van der Waals surface area contributed by atoms with Crippen molar-refractivity contribution in [1.29, 1.82) is 0 Å². The Morgan fingerprint density at radius 1 is 0.938 bits per heavy atom. The Balaban J connectivity index is 2.21. The van der Waals surface area contributed by atoms with Crippen molar-refractivity contribution in [2.45, 2.75) is 9.96 Å². The van der Waals surface area contributed by atoms with Crippen molar-refractivity contribution in [3.05, 3.63) is 45.9 Å². The minimum atomic E-state index is -1.96. The van der Waals surface area contributed by atoms with Crippen LogP contribution >= 0.6 is 70.2 Å². The lowest BCUT2D eigenvalue weighted by Gasteiger charge is -2.28. The van der Waals surface area contributed by atoms with Gasteiger partial charge in [-0.2, -0.15) is 0 Å². The number of carbonyl (C=O) groups excluding carboxylic acids is 1. The van der Waals surface area contributed by atoms with Crippen LogP contribution in [0, 0.1) is 0 Å². The summed E-state index contributed by atoms with van der Waals surface area (Å²) in [5.41, 5.74) is 0.708. The highest BCUT2D eigenvalue weighted by atomic mass is 35.6. The summed E-state index contributed by atoms with van der Waals surface area (Å²) >= 11 is 35.3. The molecule has 0 fully saturated rings. The maximum absolute atomic E-state index is 12.9. The molecule has 174 valence electrons. The fourth-order valence-electron chi connectivity index (χ4n) is 2.50. The smallest absolute Gasteiger partial charge is 0.253 e. The fourth-order valence-corrected chi connectivity index (χ4v) is 3.36. The molecule has 0 aliphatic carbocycles. The number of thiocarbonyl (C=S) groups is 1. The average Bonchev–Trinajstić information content (AvgIpc) is 2.73. The topological polar surface area (TPSA) is 80.9 Å². The Labute approximate surface area is 215 Å². The number of alkyl halides is 3. The molecule has 0 radical (unpaired) electrons. The lowest BCUT2D eigenvalue weighted by atomic mass is 10.1. The molecule has 0 saturated heterocycles. The summed E-state index contributed by atoms with van der Waals surface area (Å²) in [5.74, 6) is 0.305. The molecule has 0 heterocycles. The van der Waals surface area contributed by atoms with Crippen LogP contribution in [0.1, 0.15) is 10.4 Å². The lowest BCUT2D eigenvalue weighted by Crippen LogP contribution is -2.56. The van der Waals surface area contributed by atoms with Crippen molar-refractivity contribution in [3.8, 4) is 17.2 Å². The second kappa shape index (κ2) is 11.5. The van der Waals surface area contributed by atoms with Gasteiger partial charge in [0.2, 0.25) is 9.54 Å². The summed E-state index contributed by atoms with van der Waals surface area (Å²) in [5, 5.41) is 8.97. The van der Waals surface area contributed by atoms with Crippen LogP contribution in [-0.4, -0.2) is 42.3 Å². The number of nitrogens with one attached hydrogen (secondary N) is 3. The molecule has 0 spiro atoms. The van der Waals surface area contributed by atoms with E-state index in [1.807, 2.05) is 0 Å². The zero-order valence-corrected chi connectivity index (χ0v) is 21.5. The third-order valence-corrected chi connectivity index (χ3v) is 5.60. The highest BCUT2D eigenvalue weighted by Crippen LogP contribution is 2.38. The van der Waals surface area contributed by atoms with Crippen LogP contribution in [0.15, 0.2) is 30.3 Å². The number of benzene rings is 2. The zero-order chi connectivity index (χ0) is 24.1. The molecule has 1 unspecified atom stereocenters. The zero-order valence-electron chi connectivity index (χ0n) is 16.9. The van der Waals surface area contributed by atoms with Crippen LogP contribution < -0.4 is 30.2 Å². The summed E-state index contributed by atoms with van der Waals surface area (Å²) in [4.78, 5) is 12.9. The fraction of sp³-hybridized carbons (Fsp3) is 0.263. The van der Waals surface area contributed by atoms with Gasteiger partial charge in [0.25, 0.3) is 5.91 Å². The molecule has 0 aliphatic rings. The lowest BCUT2D eigenvalue weighted by molar-refractivity contribution is 0.0933. The highest BCUT2D eigenvalue weighted by Gasteiger charge is 2.35. The van der Waals surface area contributed by atoms with Gasteiger partial charge in [-0.3, -0.25) is 4.79 Å². The predicted octanol–water partition coefficient (Wildman–Crippen LogP) is 5.43. The number of amides is 1. The Morgan fingerprint density at radius 2 is 1.53 bits per heavy atom. The summed E-state index contributed by atoms with van der Waals surface area (Å²) in [6, 6.07) is 7.72. The van der Waals surface area contributed by atoms with Crippen LogP contribution in [0.2, 0.25) is 10.0 Å². The Bertz CT molecular complexity index is 978. The number of anilines is 1. The maximum Gasteiger partial charge on any atom is 0.253 e. The third kappa shape index (κ3) is 6.97. The van der Waals surface area contributed by atoms with Crippen molar-refractivity contribution < 1.29 is 19.0 Å². The highest BCUT2D eigenvalue weighted by molar-refractivity contribution is 7.80. The van der Waals surface area contributed by atoms with Gasteiger partial charge in [-0.15, -0.1) is 0 Å². The van der Waals surface area contributed by atoms with Gasteiger partial charge >= 0.3 is 0 Å². The Hall–Kier alpha value is -1.55. The largest absolute Gasteiger partial charge is 0.493 e. The van der Waals surface area contributed by atoms with Gasteiger partial charge in [0, 0.05) is 11.3 Å². The van der Waals surface area contributed by atoms with E-state index in [1.165, 1.54) is 33.5 Å². The summed E-state index contributed by atoms with van der Waals surface area (Å²) in [6.07, 6.45) is -1.21. The number of rotatable bonds is 7. The van der Waals surface area contributed by atoms with Crippen molar-refractivity contribution in [3.63, 3.8) is 0 Å². The Morgan fingerprint density at radius 3 is 2.00 bits per heavy atom. The molecule has 2 aromatic rings. The van der Waals surface area contributed by atoms with Crippen molar-refractivity contribution in [2.75, 3.05) is 26.6 Å². The second-order valence-corrected chi connectivity index (χ2v) is 9.68. The van der Waals surface area contributed by atoms with Gasteiger partial charge in [-0.1, -0.05) is 58.0 Å². The van der Waals surface area contributed by atoms with Crippen LogP contribution in [0.4, 0.5) is 5.69 Å². The number of carbonyl (C=O) groups is 1. The van der Waals surface area contributed by atoms with E-state index < -0.39 is 15.9 Å². The molecule has 0 aromatic heterocycles. The van der Waals surface area contributed by atoms with E-state index in [4.69, 9.17) is 84.4 Å². The minimum absolute atomic E-state index is 0.0601. The van der Waals surface area contributed by atoms with E-state index in [1.54, 1.807) is 18.2 Å². The van der Waals surface area contributed by atoms with E-state index in [2.05, 4.69) is 16.0 Å². The minimum Gasteiger partial charge on any atom is -0.493 e. The van der Waals surface area contributed by atoms with Gasteiger partial charge < -0.3 is 30.2 Å². The van der Waals surface area contributed by atoms with Crippen LogP contribution in [0.25, 0.3) is 0 Å². The van der Waals surface area contributed by atoms with E-state index >= 15 is 0 Å². The number of methoxy groups -OCH3 is 3. The monoisotopic (exact) mass is 559 g/mol. The van der Waals surface area contributed by atoms with Crippen molar-refractivity contribution in [2.24, 2.45) is 0 Å². The average molecular weight is 562 g/mol. The van der Waals surface area contributed by atoms with Crippen molar-refractivity contribution >= 4 is 86.9 Å². The molecule has 0 bridgehead atoms. The standard InChI is InChI=1S/C19H18Cl5N3O4S/c1-29-13-6-9(7-14(30-2)15(13)31-3)16(28)26-17(19(22,23)24)27-18(32)25-10-4-5-11(20)12(21)8-10/h4-8,17H,1-3H3,(H,26,28)(H2,25,27,32).